The second-order valence-corrected chi connectivity index (χ2v) is 5.09. The molecule has 6 heteroatoms. The van der Waals surface area contributed by atoms with E-state index < -0.39 is 0 Å². The summed E-state index contributed by atoms with van der Waals surface area (Å²) in [5.41, 5.74) is 0. The van der Waals surface area contributed by atoms with Crippen molar-refractivity contribution in [3.8, 4) is 0 Å². The monoisotopic (exact) mass is 286 g/mol. The maximum Gasteiger partial charge on any atom is 0.308 e. The van der Waals surface area contributed by atoms with Gasteiger partial charge in [0.2, 0.25) is 0 Å². The summed E-state index contributed by atoms with van der Waals surface area (Å²) in [6.07, 6.45) is 3.69. The molecule has 0 unspecified atom stereocenters. The summed E-state index contributed by atoms with van der Waals surface area (Å²) in [7, 11) is 2.90. The van der Waals surface area contributed by atoms with E-state index in [9.17, 15) is 9.59 Å². The fourth-order valence-electron chi connectivity index (χ4n) is 2.45. The van der Waals surface area contributed by atoms with Gasteiger partial charge in [-0.05, 0) is 51.9 Å². The van der Waals surface area contributed by atoms with Crippen molar-refractivity contribution in [1.29, 1.82) is 0 Å². The van der Waals surface area contributed by atoms with Crippen LogP contribution in [0.2, 0.25) is 0 Å². The van der Waals surface area contributed by atoms with E-state index in [-0.39, 0.29) is 23.8 Å². The fourth-order valence-corrected chi connectivity index (χ4v) is 2.45. The van der Waals surface area contributed by atoms with Crippen molar-refractivity contribution in [3.63, 3.8) is 0 Å². The van der Waals surface area contributed by atoms with Gasteiger partial charge in [0, 0.05) is 0 Å². The molecule has 0 saturated carbocycles. The van der Waals surface area contributed by atoms with Crippen molar-refractivity contribution in [2.75, 3.05) is 40.4 Å². The first-order valence-electron chi connectivity index (χ1n) is 7.26. The Morgan fingerprint density at radius 2 is 1.05 bits per heavy atom. The molecule has 2 rings (SSSR count). The van der Waals surface area contributed by atoms with Gasteiger partial charge < -0.3 is 20.1 Å². The quantitative estimate of drug-likeness (QED) is 0.712. The summed E-state index contributed by atoms with van der Waals surface area (Å²) in [4.78, 5) is 21.8. The van der Waals surface area contributed by atoms with Gasteiger partial charge >= 0.3 is 11.9 Å². The molecule has 0 radical (unpaired) electrons. The molecular formula is C14H26N2O4. The van der Waals surface area contributed by atoms with Gasteiger partial charge in [-0.3, -0.25) is 9.59 Å². The van der Waals surface area contributed by atoms with E-state index in [1.165, 1.54) is 14.2 Å². The average Bonchev–Trinajstić information content (AvgIpc) is 2.55. The number of methoxy groups -OCH3 is 2. The lowest BCUT2D eigenvalue weighted by Gasteiger charge is -2.19. The van der Waals surface area contributed by atoms with Crippen LogP contribution in [0.1, 0.15) is 25.7 Å². The van der Waals surface area contributed by atoms with E-state index in [4.69, 9.17) is 0 Å². The first-order valence-corrected chi connectivity index (χ1v) is 7.26. The molecule has 20 heavy (non-hydrogen) atoms. The Morgan fingerprint density at radius 1 is 0.750 bits per heavy atom. The van der Waals surface area contributed by atoms with Crippen LogP contribution < -0.4 is 10.6 Å². The van der Waals surface area contributed by atoms with E-state index in [0.717, 1.165) is 51.9 Å². The zero-order valence-corrected chi connectivity index (χ0v) is 12.4. The number of rotatable bonds is 2. The Labute approximate surface area is 120 Å². The topological polar surface area (TPSA) is 76.7 Å². The number of carbonyl (C=O) groups is 2. The van der Waals surface area contributed by atoms with Crippen LogP contribution in [0.4, 0.5) is 0 Å². The summed E-state index contributed by atoms with van der Waals surface area (Å²) < 4.78 is 9.25. The van der Waals surface area contributed by atoms with E-state index in [1.807, 2.05) is 0 Å². The third-order valence-electron chi connectivity index (χ3n) is 3.75. The lowest BCUT2D eigenvalue weighted by Crippen LogP contribution is -2.32. The molecule has 0 aliphatic carbocycles. The highest BCUT2D eigenvalue weighted by Gasteiger charge is 2.21. The summed E-state index contributed by atoms with van der Waals surface area (Å²) in [5, 5.41) is 6.37. The maximum absolute atomic E-state index is 10.9. The molecule has 6 nitrogen and oxygen atoms in total. The van der Waals surface area contributed by atoms with Gasteiger partial charge in [-0.15, -0.1) is 0 Å². The Bertz CT molecular complexity index is 268. The van der Waals surface area contributed by atoms with Gasteiger partial charge in [0.1, 0.15) is 0 Å². The van der Waals surface area contributed by atoms with Crippen LogP contribution >= 0.6 is 0 Å². The van der Waals surface area contributed by atoms with Gasteiger partial charge in [-0.25, -0.2) is 0 Å². The molecule has 0 bridgehead atoms. The van der Waals surface area contributed by atoms with Crippen LogP contribution in [0.25, 0.3) is 0 Å². The van der Waals surface area contributed by atoms with Gasteiger partial charge in [0.05, 0.1) is 26.1 Å². The minimum Gasteiger partial charge on any atom is -0.469 e. The van der Waals surface area contributed by atoms with Gasteiger partial charge in [0.25, 0.3) is 0 Å². The number of piperidine rings is 2. The third-order valence-corrected chi connectivity index (χ3v) is 3.75. The Kier molecular flexibility index (Phi) is 8.22. The fraction of sp³-hybridized carbons (Fsp3) is 0.857. The molecule has 0 aromatic carbocycles. The van der Waals surface area contributed by atoms with Crippen molar-refractivity contribution >= 4 is 11.9 Å². The van der Waals surface area contributed by atoms with E-state index in [1.54, 1.807) is 0 Å². The van der Waals surface area contributed by atoms with E-state index >= 15 is 0 Å². The Balaban J connectivity index is 0.000000200. The molecule has 0 aromatic heterocycles. The molecule has 2 aliphatic heterocycles. The predicted molar refractivity (Wildman–Crippen MR) is 75.2 cm³/mol. The SMILES string of the molecule is COC(=O)C1CCNCC1.COC(=O)C1CCNCC1. The summed E-state index contributed by atoms with van der Waals surface area (Å²) in [5.74, 6) is 0.181. The normalized spacial score (nSPS) is 20.5. The molecule has 2 heterocycles. The molecular weight excluding hydrogens is 260 g/mol. The number of nitrogens with one attached hydrogen (secondary N) is 2. The molecule has 116 valence electrons. The van der Waals surface area contributed by atoms with Crippen LogP contribution in [0.15, 0.2) is 0 Å². The van der Waals surface area contributed by atoms with Crippen molar-refractivity contribution in [3.05, 3.63) is 0 Å². The first kappa shape index (κ1) is 16.9. The number of hydrogen-bond acceptors (Lipinski definition) is 6. The van der Waals surface area contributed by atoms with Crippen LogP contribution in [0, 0.1) is 11.8 Å². The minimum absolute atomic E-state index is 0.0542. The number of carbonyl (C=O) groups excluding carboxylic acids is 2. The van der Waals surface area contributed by atoms with Crippen molar-refractivity contribution < 1.29 is 19.1 Å². The van der Waals surface area contributed by atoms with Crippen molar-refractivity contribution in [1.82, 2.24) is 10.6 Å². The minimum atomic E-state index is -0.0542. The van der Waals surface area contributed by atoms with Crippen LogP contribution in [0.3, 0.4) is 0 Å². The third kappa shape index (κ3) is 5.88. The molecule has 2 aliphatic rings. The van der Waals surface area contributed by atoms with Gasteiger partial charge in [-0.2, -0.15) is 0 Å². The maximum atomic E-state index is 10.9. The lowest BCUT2D eigenvalue weighted by atomic mass is 9.99. The molecule has 2 N–H and O–H groups in total. The molecule has 2 saturated heterocycles. The number of hydrogen-bond donors (Lipinski definition) is 2. The zero-order valence-electron chi connectivity index (χ0n) is 12.4. The summed E-state index contributed by atoms with van der Waals surface area (Å²) in [6.45, 7) is 3.78. The van der Waals surface area contributed by atoms with Crippen LogP contribution in [-0.4, -0.2) is 52.3 Å². The van der Waals surface area contributed by atoms with E-state index in [2.05, 4.69) is 20.1 Å². The molecule has 0 aromatic rings. The summed E-state index contributed by atoms with van der Waals surface area (Å²) in [6, 6.07) is 0. The predicted octanol–water partition coefficient (Wildman–Crippen LogP) is 0.318. The average molecular weight is 286 g/mol. The Hall–Kier alpha value is -1.14. The van der Waals surface area contributed by atoms with Crippen molar-refractivity contribution in [2.45, 2.75) is 25.7 Å². The smallest absolute Gasteiger partial charge is 0.308 e. The zero-order chi connectivity index (χ0) is 14.8. The van der Waals surface area contributed by atoms with Crippen molar-refractivity contribution in [2.24, 2.45) is 11.8 Å². The Morgan fingerprint density at radius 3 is 1.30 bits per heavy atom. The second-order valence-electron chi connectivity index (χ2n) is 5.09. The molecule has 0 spiro atoms. The largest absolute Gasteiger partial charge is 0.469 e. The molecule has 2 fully saturated rings. The van der Waals surface area contributed by atoms with Crippen LogP contribution in [-0.2, 0) is 19.1 Å². The number of ether oxygens (including phenoxy) is 2. The highest BCUT2D eigenvalue weighted by molar-refractivity contribution is 5.72. The second kappa shape index (κ2) is 9.72. The first-order chi connectivity index (χ1) is 9.69. The standard InChI is InChI=1S/2C7H13NO2/c2*1-10-7(9)6-2-4-8-5-3-6/h2*6,8H,2-5H2,1H3. The highest BCUT2D eigenvalue weighted by atomic mass is 16.5. The van der Waals surface area contributed by atoms with Crippen LogP contribution in [0.5, 0.6) is 0 Å². The highest BCUT2D eigenvalue weighted by Crippen LogP contribution is 2.12. The summed E-state index contributed by atoms with van der Waals surface area (Å²) >= 11 is 0. The molecule has 0 amide bonds. The lowest BCUT2D eigenvalue weighted by molar-refractivity contribution is -0.147. The van der Waals surface area contributed by atoms with Gasteiger partial charge in [0.15, 0.2) is 0 Å². The molecule has 0 atom stereocenters. The van der Waals surface area contributed by atoms with Gasteiger partial charge in [-0.1, -0.05) is 0 Å². The number of esters is 2. The van der Waals surface area contributed by atoms with E-state index in [0.29, 0.717) is 0 Å².